The molecule has 0 atom stereocenters. The molecule has 0 saturated heterocycles. The minimum atomic E-state index is -0.0687. The summed E-state index contributed by atoms with van der Waals surface area (Å²) in [4.78, 5) is 26.4. The Morgan fingerprint density at radius 1 is 0.400 bits per heavy atom. The van der Waals surface area contributed by atoms with Gasteiger partial charge in [0, 0.05) is 22.3 Å². The Kier molecular flexibility index (Phi) is 4.61. The molecule has 0 unspecified atom stereocenters. The third kappa shape index (κ3) is 3.37. The molecule has 30 heavy (non-hydrogen) atoms. The molecule has 0 bridgehead atoms. The molecular weight excluding hydrogens is 368 g/mol. The SMILES string of the molecule is O=C1c2ccc(Cc3ccccc3)cc2C(=O)c2ccc(Cc3ccccc3)cc21. The first kappa shape index (κ1) is 18.3. The third-order valence-electron chi connectivity index (χ3n) is 5.65. The summed E-state index contributed by atoms with van der Waals surface area (Å²) in [5, 5.41) is 0. The van der Waals surface area contributed by atoms with Gasteiger partial charge in [-0.1, -0.05) is 84.9 Å². The molecule has 0 N–H and O–H groups in total. The molecule has 5 rings (SSSR count). The van der Waals surface area contributed by atoms with Gasteiger partial charge in [0.1, 0.15) is 0 Å². The van der Waals surface area contributed by atoms with Crippen LogP contribution in [0.4, 0.5) is 0 Å². The lowest BCUT2D eigenvalue weighted by atomic mass is 9.82. The van der Waals surface area contributed by atoms with Crippen LogP contribution in [0.15, 0.2) is 97.1 Å². The molecule has 1 aliphatic rings. The molecule has 4 aromatic rings. The van der Waals surface area contributed by atoms with E-state index in [1.54, 1.807) is 12.1 Å². The predicted octanol–water partition coefficient (Wildman–Crippen LogP) is 5.64. The van der Waals surface area contributed by atoms with Gasteiger partial charge in [-0.15, -0.1) is 0 Å². The van der Waals surface area contributed by atoms with Gasteiger partial charge in [0.05, 0.1) is 0 Å². The van der Waals surface area contributed by atoms with Crippen LogP contribution in [0.1, 0.15) is 54.1 Å². The van der Waals surface area contributed by atoms with E-state index in [0.717, 1.165) is 24.0 Å². The van der Waals surface area contributed by atoms with Gasteiger partial charge in [0.25, 0.3) is 0 Å². The fraction of sp³-hybridized carbons (Fsp3) is 0.0714. The van der Waals surface area contributed by atoms with Gasteiger partial charge in [-0.05, 0) is 47.2 Å². The van der Waals surface area contributed by atoms with Gasteiger partial charge in [0.15, 0.2) is 11.6 Å². The van der Waals surface area contributed by atoms with E-state index < -0.39 is 0 Å². The average molecular weight is 388 g/mol. The van der Waals surface area contributed by atoms with Gasteiger partial charge in [0.2, 0.25) is 0 Å². The van der Waals surface area contributed by atoms with Crippen molar-refractivity contribution in [1.29, 1.82) is 0 Å². The third-order valence-corrected chi connectivity index (χ3v) is 5.65. The quantitative estimate of drug-likeness (QED) is 0.399. The van der Waals surface area contributed by atoms with Crippen LogP contribution in [0.3, 0.4) is 0 Å². The Bertz CT molecular complexity index is 1150. The van der Waals surface area contributed by atoms with Crippen molar-refractivity contribution in [3.05, 3.63) is 142 Å². The lowest BCUT2D eigenvalue weighted by Gasteiger charge is -2.19. The highest BCUT2D eigenvalue weighted by atomic mass is 16.1. The summed E-state index contributed by atoms with van der Waals surface area (Å²) in [5.74, 6) is -0.137. The molecule has 2 nitrogen and oxygen atoms in total. The van der Waals surface area contributed by atoms with Crippen LogP contribution in [0.2, 0.25) is 0 Å². The van der Waals surface area contributed by atoms with Crippen LogP contribution in [0, 0.1) is 0 Å². The van der Waals surface area contributed by atoms with E-state index in [1.165, 1.54) is 11.1 Å². The second-order valence-electron chi connectivity index (χ2n) is 7.74. The maximum Gasteiger partial charge on any atom is 0.194 e. The van der Waals surface area contributed by atoms with Gasteiger partial charge >= 0.3 is 0 Å². The number of benzene rings is 4. The molecule has 1 aliphatic carbocycles. The topological polar surface area (TPSA) is 34.1 Å². The zero-order valence-electron chi connectivity index (χ0n) is 16.5. The summed E-state index contributed by atoms with van der Waals surface area (Å²) in [6.07, 6.45) is 1.47. The van der Waals surface area contributed by atoms with Crippen molar-refractivity contribution in [3.8, 4) is 0 Å². The van der Waals surface area contributed by atoms with Crippen molar-refractivity contribution in [2.45, 2.75) is 12.8 Å². The smallest absolute Gasteiger partial charge is 0.194 e. The van der Waals surface area contributed by atoms with Gasteiger partial charge in [-0.25, -0.2) is 0 Å². The van der Waals surface area contributed by atoms with E-state index in [9.17, 15) is 9.59 Å². The number of carbonyl (C=O) groups excluding carboxylic acids is 2. The van der Waals surface area contributed by atoms with Crippen molar-refractivity contribution in [1.82, 2.24) is 0 Å². The largest absolute Gasteiger partial charge is 0.289 e. The number of fused-ring (bicyclic) bond motifs is 2. The highest BCUT2D eigenvalue weighted by molar-refractivity contribution is 6.28. The number of carbonyl (C=O) groups is 2. The van der Waals surface area contributed by atoms with Crippen LogP contribution >= 0.6 is 0 Å². The number of hydrogen-bond donors (Lipinski definition) is 0. The van der Waals surface area contributed by atoms with Crippen molar-refractivity contribution in [3.63, 3.8) is 0 Å². The minimum Gasteiger partial charge on any atom is -0.289 e. The van der Waals surface area contributed by atoms with Crippen molar-refractivity contribution in [2.75, 3.05) is 0 Å². The molecular formula is C28H20O2. The molecule has 2 heteroatoms. The highest BCUT2D eigenvalue weighted by Crippen LogP contribution is 2.30. The summed E-state index contributed by atoms with van der Waals surface area (Å²) in [6.45, 7) is 0. The van der Waals surface area contributed by atoms with E-state index in [4.69, 9.17) is 0 Å². The molecule has 4 aromatic carbocycles. The first-order chi connectivity index (χ1) is 14.7. The van der Waals surface area contributed by atoms with Crippen LogP contribution in [0.5, 0.6) is 0 Å². The normalized spacial score (nSPS) is 12.4. The fourth-order valence-corrected chi connectivity index (χ4v) is 4.13. The first-order valence-electron chi connectivity index (χ1n) is 10.1. The Labute approximate surface area is 175 Å². The fourth-order valence-electron chi connectivity index (χ4n) is 4.13. The van der Waals surface area contributed by atoms with E-state index in [2.05, 4.69) is 24.3 Å². The molecule has 0 amide bonds. The van der Waals surface area contributed by atoms with Crippen molar-refractivity contribution >= 4 is 11.6 Å². The lowest BCUT2D eigenvalue weighted by Crippen LogP contribution is -2.21. The molecule has 0 saturated carbocycles. The lowest BCUT2D eigenvalue weighted by molar-refractivity contribution is 0.0979. The standard InChI is InChI=1S/C28H20O2/c29-27-24-14-12-22(16-20-9-5-2-6-10-20)18-26(24)28(30)23-13-11-21(17-25(23)27)15-19-7-3-1-4-8-19/h1-14,17-18H,15-16H2. The Balaban J connectivity index is 1.48. The molecule has 0 fully saturated rings. The minimum absolute atomic E-state index is 0.0687. The Hall–Kier alpha value is -3.78. The van der Waals surface area contributed by atoms with E-state index in [1.807, 2.05) is 60.7 Å². The predicted molar refractivity (Wildman–Crippen MR) is 118 cm³/mol. The zero-order valence-corrected chi connectivity index (χ0v) is 16.5. The highest BCUT2D eigenvalue weighted by Gasteiger charge is 2.30. The number of rotatable bonds is 4. The van der Waals surface area contributed by atoms with Crippen LogP contribution in [0.25, 0.3) is 0 Å². The van der Waals surface area contributed by atoms with Crippen molar-refractivity contribution < 1.29 is 9.59 Å². The molecule has 0 radical (unpaired) electrons. The second kappa shape index (κ2) is 7.57. The van der Waals surface area contributed by atoms with E-state index >= 15 is 0 Å². The van der Waals surface area contributed by atoms with E-state index in [-0.39, 0.29) is 11.6 Å². The monoisotopic (exact) mass is 388 g/mol. The average Bonchev–Trinajstić information content (AvgIpc) is 2.79. The molecule has 0 spiro atoms. The summed E-state index contributed by atoms with van der Waals surface area (Å²) in [5.41, 5.74) is 6.45. The van der Waals surface area contributed by atoms with Crippen LogP contribution in [-0.2, 0) is 12.8 Å². The Morgan fingerprint density at radius 2 is 0.800 bits per heavy atom. The van der Waals surface area contributed by atoms with Crippen LogP contribution < -0.4 is 0 Å². The van der Waals surface area contributed by atoms with Crippen molar-refractivity contribution in [2.24, 2.45) is 0 Å². The molecule has 0 heterocycles. The zero-order chi connectivity index (χ0) is 20.5. The summed E-state index contributed by atoms with van der Waals surface area (Å²) in [6, 6.07) is 31.5. The summed E-state index contributed by atoms with van der Waals surface area (Å²) >= 11 is 0. The molecule has 0 aliphatic heterocycles. The second-order valence-corrected chi connectivity index (χ2v) is 7.74. The number of hydrogen-bond acceptors (Lipinski definition) is 2. The van der Waals surface area contributed by atoms with E-state index in [0.29, 0.717) is 22.3 Å². The van der Waals surface area contributed by atoms with Crippen LogP contribution in [-0.4, -0.2) is 11.6 Å². The van der Waals surface area contributed by atoms with Gasteiger partial charge in [-0.3, -0.25) is 9.59 Å². The Morgan fingerprint density at radius 3 is 1.20 bits per heavy atom. The number of ketones is 2. The molecule has 0 aromatic heterocycles. The van der Waals surface area contributed by atoms with Gasteiger partial charge < -0.3 is 0 Å². The molecule has 144 valence electrons. The first-order valence-corrected chi connectivity index (χ1v) is 10.1. The maximum atomic E-state index is 13.2. The van der Waals surface area contributed by atoms with Gasteiger partial charge in [-0.2, -0.15) is 0 Å². The maximum absolute atomic E-state index is 13.2. The summed E-state index contributed by atoms with van der Waals surface area (Å²) in [7, 11) is 0. The summed E-state index contributed by atoms with van der Waals surface area (Å²) < 4.78 is 0.